The predicted molar refractivity (Wildman–Crippen MR) is 86.2 cm³/mol. The van der Waals surface area contributed by atoms with Crippen LogP contribution in [0.25, 0.3) is 0 Å². The maximum Gasteiger partial charge on any atom is 0.335 e. The lowest BCUT2D eigenvalue weighted by Gasteiger charge is -2.13. The number of para-hydroxylation sites is 1. The summed E-state index contributed by atoms with van der Waals surface area (Å²) >= 11 is 0. The summed E-state index contributed by atoms with van der Waals surface area (Å²) in [6.07, 6.45) is 1.91. The molecule has 2 aromatic rings. The quantitative estimate of drug-likeness (QED) is 0.474. The van der Waals surface area contributed by atoms with E-state index in [0.29, 0.717) is 23.9 Å². The first-order valence-corrected chi connectivity index (χ1v) is 7.21. The number of aromatic hydroxyl groups is 1. The van der Waals surface area contributed by atoms with Crippen LogP contribution in [0.3, 0.4) is 0 Å². The molecule has 23 heavy (non-hydrogen) atoms. The van der Waals surface area contributed by atoms with Gasteiger partial charge in [0, 0.05) is 12.1 Å². The van der Waals surface area contributed by atoms with E-state index in [1.165, 1.54) is 12.1 Å². The largest absolute Gasteiger partial charge is 0.504 e. The Labute approximate surface area is 134 Å². The SMILES string of the molecule is C=CC(=O)Oc1cccc(Oc2c(O)cccc2OCCC)c1. The molecule has 0 saturated carbocycles. The Bertz CT molecular complexity index is 694. The van der Waals surface area contributed by atoms with E-state index in [1.807, 2.05) is 6.92 Å². The molecule has 0 amide bonds. The van der Waals surface area contributed by atoms with Gasteiger partial charge < -0.3 is 19.3 Å². The Morgan fingerprint density at radius 3 is 2.70 bits per heavy atom. The van der Waals surface area contributed by atoms with E-state index in [-0.39, 0.29) is 11.5 Å². The minimum Gasteiger partial charge on any atom is -0.504 e. The third-order valence-electron chi connectivity index (χ3n) is 2.83. The molecule has 2 aromatic carbocycles. The number of hydrogen-bond acceptors (Lipinski definition) is 5. The minimum absolute atomic E-state index is 0.0351. The smallest absolute Gasteiger partial charge is 0.335 e. The van der Waals surface area contributed by atoms with Crippen molar-refractivity contribution in [1.82, 2.24) is 0 Å². The van der Waals surface area contributed by atoms with Gasteiger partial charge in [-0.05, 0) is 30.7 Å². The van der Waals surface area contributed by atoms with Gasteiger partial charge in [0.2, 0.25) is 5.75 Å². The molecule has 0 spiro atoms. The standard InChI is InChI=1S/C18H18O5/c1-3-11-21-16-10-6-9-15(19)18(16)23-14-8-5-7-13(12-14)22-17(20)4-2/h4-10,12,19H,2-3,11H2,1H3. The van der Waals surface area contributed by atoms with E-state index in [2.05, 4.69) is 6.58 Å². The molecule has 0 aliphatic rings. The number of rotatable bonds is 7. The molecule has 0 unspecified atom stereocenters. The minimum atomic E-state index is -0.559. The zero-order valence-electron chi connectivity index (χ0n) is 12.8. The fourth-order valence-corrected chi connectivity index (χ4v) is 1.81. The van der Waals surface area contributed by atoms with Gasteiger partial charge in [-0.25, -0.2) is 4.79 Å². The van der Waals surface area contributed by atoms with Crippen LogP contribution in [-0.2, 0) is 4.79 Å². The number of carbonyl (C=O) groups is 1. The molecule has 0 fully saturated rings. The third kappa shape index (κ3) is 4.51. The number of phenolic OH excluding ortho intramolecular Hbond substituents is 1. The van der Waals surface area contributed by atoms with Crippen LogP contribution in [0.4, 0.5) is 0 Å². The van der Waals surface area contributed by atoms with Crippen LogP contribution in [0, 0.1) is 0 Å². The van der Waals surface area contributed by atoms with Crippen molar-refractivity contribution >= 4 is 5.97 Å². The van der Waals surface area contributed by atoms with Gasteiger partial charge in [-0.2, -0.15) is 0 Å². The van der Waals surface area contributed by atoms with E-state index in [1.54, 1.807) is 30.3 Å². The van der Waals surface area contributed by atoms with Crippen molar-refractivity contribution in [2.45, 2.75) is 13.3 Å². The van der Waals surface area contributed by atoms with Crippen LogP contribution >= 0.6 is 0 Å². The summed E-state index contributed by atoms with van der Waals surface area (Å²) in [4.78, 5) is 11.2. The number of ether oxygens (including phenoxy) is 3. The maximum atomic E-state index is 11.2. The molecule has 5 nitrogen and oxygen atoms in total. The highest BCUT2D eigenvalue weighted by atomic mass is 16.5. The summed E-state index contributed by atoms with van der Waals surface area (Å²) in [6.45, 7) is 5.84. The topological polar surface area (TPSA) is 65.0 Å². The van der Waals surface area contributed by atoms with E-state index in [4.69, 9.17) is 14.2 Å². The van der Waals surface area contributed by atoms with Crippen LogP contribution in [0.2, 0.25) is 0 Å². The predicted octanol–water partition coefficient (Wildman–Crippen LogP) is 4.06. The summed E-state index contributed by atoms with van der Waals surface area (Å²) in [6, 6.07) is 11.4. The van der Waals surface area contributed by atoms with Crippen molar-refractivity contribution in [2.75, 3.05) is 6.61 Å². The lowest BCUT2D eigenvalue weighted by molar-refractivity contribution is -0.128. The second-order valence-corrected chi connectivity index (χ2v) is 4.66. The van der Waals surface area contributed by atoms with Crippen molar-refractivity contribution in [3.05, 3.63) is 55.1 Å². The van der Waals surface area contributed by atoms with E-state index in [9.17, 15) is 9.90 Å². The Morgan fingerprint density at radius 2 is 1.96 bits per heavy atom. The second kappa shape index (κ2) is 7.89. The average Bonchev–Trinajstić information content (AvgIpc) is 2.55. The Hall–Kier alpha value is -2.95. The summed E-state index contributed by atoms with van der Waals surface area (Å²) in [5.41, 5.74) is 0. The summed E-state index contributed by atoms with van der Waals surface area (Å²) in [7, 11) is 0. The van der Waals surface area contributed by atoms with Gasteiger partial charge >= 0.3 is 5.97 Å². The number of carbonyl (C=O) groups excluding carboxylic acids is 1. The first-order chi connectivity index (χ1) is 11.1. The number of esters is 1. The molecule has 0 atom stereocenters. The highest BCUT2D eigenvalue weighted by Gasteiger charge is 2.12. The van der Waals surface area contributed by atoms with Gasteiger partial charge in [-0.15, -0.1) is 0 Å². The first kappa shape index (κ1) is 16.4. The van der Waals surface area contributed by atoms with Crippen LogP contribution in [0.5, 0.6) is 28.7 Å². The van der Waals surface area contributed by atoms with Crippen molar-refractivity contribution in [3.8, 4) is 28.7 Å². The fraction of sp³-hybridized carbons (Fsp3) is 0.167. The van der Waals surface area contributed by atoms with Crippen molar-refractivity contribution < 1.29 is 24.1 Å². The summed E-state index contributed by atoms with van der Waals surface area (Å²) < 4.78 is 16.3. The molecular weight excluding hydrogens is 296 g/mol. The Kier molecular flexibility index (Phi) is 5.63. The maximum absolute atomic E-state index is 11.2. The van der Waals surface area contributed by atoms with Gasteiger partial charge in [0.05, 0.1) is 6.61 Å². The summed E-state index contributed by atoms with van der Waals surface area (Å²) in [5.74, 6) is 0.790. The molecule has 120 valence electrons. The molecule has 0 aromatic heterocycles. The molecule has 0 radical (unpaired) electrons. The number of phenols is 1. The second-order valence-electron chi connectivity index (χ2n) is 4.66. The highest BCUT2D eigenvalue weighted by Crippen LogP contribution is 2.40. The average molecular weight is 314 g/mol. The molecule has 5 heteroatoms. The molecule has 0 bridgehead atoms. The van der Waals surface area contributed by atoms with Crippen molar-refractivity contribution in [3.63, 3.8) is 0 Å². The van der Waals surface area contributed by atoms with E-state index < -0.39 is 5.97 Å². The van der Waals surface area contributed by atoms with Gasteiger partial charge in [0.25, 0.3) is 0 Å². The molecule has 2 rings (SSSR count). The normalized spacial score (nSPS) is 9.96. The van der Waals surface area contributed by atoms with Gasteiger partial charge in [0.15, 0.2) is 11.5 Å². The molecule has 1 N–H and O–H groups in total. The van der Waals surface area contributed by atoms with Crippen molar-refractivity contribution in [2.24, 2.45) is 0 Å². The van der Waals surface area contributed by atoms with Gasteiger partial charge in [0.1, 0.15) is 11.5 Å². The zero-order valence-corrected chi connectivity index (χ0v) is 12.8. The summed E-state index contributed by atoms with van der Waals surface area (Å²) in [5, 5.41) is 10.0. The van der Waals surface area contributed by atoms with Crippen LogP contribution in [0.1, 0.15) is 13.3 Å². The Balaban J connectivity index is 2.23. The zero-order chi connectivity index (χ0) is 16.7. The molecular formula is C18H18O5. The van der Waals surface area contributed by atoms with E-state index in [0.717, 1.165) is 12.5 Å². The fourth-order valence-electron chi connectivity index (χ4n) is 1.81. The molecule has 0 aliphatic heterocycles. The molecule has 0 heterocycles. The molecule has 0 aliphatic carbocycles. The Morgan fingerprint density at radius 1 is 1.22 bits per heavy atom. The highest BCUT2D eigenvalue weighted by molar-refractivity contribution is 5.83. The van der Waals surface area contributed by atoms with Gasteiger partial charge in [-0.3, -0.25) is 0 Å². The number of benzene rings is 2. The number of hydrogen-bond donors (Lipinski definition) is 1. The van der Waals surface area contributed by atoms with Crippen molar-refractivity contribution in [1.29, 1.82) is 0 Å². The van der Waals surface area contributed by atoms with Crippen LogP contribution in [0.15, 0.2) is 55.1 Å². The van der Waals surface area contributed by atoms with Crippen LogP contribution < -0.4 is 14.2 Å². The molecule has 0 saturated heterocycles. The third-order valence-corrected chi connectivity index (χ3v) is 2.83. The monoisotopic (exact) mass is 314 g/mol. The lowest BCUT2D eigenvalue weighted by atomic mass is 10.3. The lowest BCUT2D eigenvalue weighted by Crippen LogP contribution is -2.03. The van der Waals surface area contributed by atoms with Crippen LogP contribution in [-0.4, -0.2) is 17.7 Å². The first-order valence-electron chi connectivity index (χ1n) is 7.21. The van der Waals surface area contributed by atoms with Gasteiger partial charge in [-0.1, -0.05) is 25.6 Å². The van der Waals surface area contributed by atoms with E-state index >= 15 is 0 Å².